The van der Waals surface area contributed by atoms with Crippen LogP contribution in [-0.2, 0) is 17.2 Å². The maximum Gasteiger partial charge on any atom is 0.360 e. The van der Waals surface area contributed by atoms with E-state index in [4.69, 9.17) is 16.3 Å². The summed E-state index contributed by atoms with van der Waals surface area (Å²) in [6.07, 6.45) is 0.559. The maximum atomic E-state index is 11.6. The molecule has 7 heteroatoms. The lowest BCUT2D eigenvalue weighted by atomic mass is 10.0. The smallest absolute Gasteiger partial charge is 0.360 e. The molecule has 0 saturated carbocycles. The van der Waals surface area contributed by atoms with Gasteiger partial charge in [-0.2, -0.15) is 0 Å². The Labute approximate surface area is 111 Å². The minimum Gasteiger partial charge on any atom is -0.461 e. The van der Waals surface area contributed by atoms with Crippen molar-refractivity contribution in [2.75, 3.05) is 6.61 Å². The van der Waals surface area contributed by atoms with Crippen LogP contribution in [0.15, 0.2) is 0 Å². The monoisotopic (exact) mass is 275 g/mol. The van der Waals surface area contributed by atoms with Crippen LogP contribution < -0.4 is 0 Å². The van der Waals surface area contributed by atoms with Gasteiger partial charge < -0.3 is 9.84 Å². The van der Waals surface area contributed by atoms with Crippen molar-refractivity contribution in [1.82, 2.24) is 15.0 Å². The molecule has 0 aliphatic carbocycles. The number of ether oxygens (including phenoxy) is 1. The Morgan fingerprint density at radius 3 is 2.72 bits per heavy atom. The van der Waals surface area contributed by atoms with E-state index in [1.807, 2.05) is 6.92 Å². The Morgan fingerprint density at radius 1 is 1.56 bits per heavy atom. The standard InChI is InChI=1S/C11H18ClN3O3/c1-4-11(3,17)7-15-8(6-12)9(13-14-15)10(16)18-5-2/h17H,4-7H2,1-3H3. The fourth-order valence-electron chi connectivity index (χ4n) is 1.38. The summed E-state index contributed by atoms with van der Waals surface area (Å²) in [5.41, 5.74) is -0.344. The Bertz CT molecular complexity index is 418. The van der Waals surface area contributed by atoms with E-state index in [1.165, 1.54) is 4.68 Å². The van der Waals surface area contributed by atoms with Crippen LogP contribution in [-0.4, -0.2) is 38.3 Å². The van der Waals surface area contributed by atoms with Gasteiger partial charge in [-0.25, -0.2) is 9.48 Å². The average molecular weight is 276 g/mol. The zero-order valence-electron chi connectivity index (χ0n) is 10.8. The van der Waals surface area contributed by atoms with E-state index >= 15 is 0 Å². The zero-order chi connectivity index (χ0) is 13.8. The molecule has 1 rings (SSSR count). The molecule has 0 radical (unpaired) electrons. The van der Waals surface area contributed by atoms with Crippen molar-refractivity contribution in [3.63, 3.8) is 0 Å². The van der Waals surface area contributed by atoms with Crippen molar-refractivity contribution < 1.29 is 14.6 Å². The third-order valence-electron chi connectivity index (χ3n) is 2.69. The van der Waals surface area contributed by atoms with E-state index in [9.17, 15) is 9.90 Å². The number of hydrogen-bond donors (Lipinski definition) is 1. The SMILES string of the molecule is CCOC(=O)c1nnn(CC(C)(O)CC)c1CCl. The summed E-state index contributed by atoms with van der Waals surface area (Å²) in [6.45, 7) is 5.77. The molecule has 1 unspecified atom stereocenters. The number of rotatable bonds is 6. The van der Waals surface area contributed by atoms with Crippen molar-refractivity contribution in [1.29, 1.82) is 0 Å². The van der Waals surface area contributed by atoms with Crippen molar-refractivity contribution in [2.45, 2.75) is 45.2 Å². The van der Waals surface area contributed by atoms with E-state index in [1.54, 1.807) is 13.8 Å². The highest BCUT2D eigenvalue weighted by molar-refractivity contribution is 6.17. The quantitative estimate of drug-likeness (QED) is 0.626. The molecular formula is C11H18ClN3O3. The fraction of sp³-hybridized carbons (Fsp3) is 0.727. The normalized spacial score (nSPS) is 14.3. The number of aromatic nitrogens is 3. The molecule has 102 valence electrons. The summed E-state index contributed by atoms with van der Waals surface area (Å²) < 4.78 is 6.31. The molecular weight excluding hydrogens is 258 g/mol. The lowest BCUT2D eigenvalue weighted by Crippen LogP contribution is -2.30. The highest BCUT2D eigenvalue weighted by atomic mass is 35.5. The Morgan fingerprint density at radius 2 is 2.22 bits per heavy atom. The maximum absolute atomic E-state index is 11.6. The lowest BCUT2D eigenvalue weighted by molar-refractivity contribution is 0.0331. The van der Waals surface area contributed by atoms with Crippen LogP contribution in [0.1, 0.15) is 43.4 Å². The number of carbonyl (C=O) groups is 1. The minimum atomic E-state index is -0.916. The van der Waals surface area contributed by atoms with Gasteiger partial charge in [0.05, 0.1) is 30.3 Å². The van der Waals surface area contributed by atoms with Crippen LogP contribution in [0.2, 0.25) is 0 Å². The average Bonchev–Trinajstić information content (AvgIpc) is 2.71. The molecule has 0 amide bonds. The predicted octanol–water partition coefficient (Wildman–Crippen LogP) is 1.35. The molecule has 0 bridgehead atoms. The number of esters is 1. The van der Waals surface area contributed by atoms with Gasteiger partial charge in [0.1, 0.15) is 0 Å². The molecule has 0 aromatic carbocycles. The van der Waals surface area contributed by atoms with Gasteiger partial charge in [-0.15, -0.1) is 16.7 Å². The number of carbonyl (C=O) groups excluding carboxylic acids is 1. The topological polar surface area (TPSA) is 77.2 Å². The van der Waals surface area contributed by atoms with Gasteiger partial charge in [-0.1, -0.05) is 12.1 Å². The first-order valence-electron chi connectivity index (χ1n) is 5.83. The molecule has 0 saturated heterocycles. The van der Waals surface area contributed by atoms with Crippen molar-refractivity contribution >= 4 is 17.6 Å². The summed E-state index contributed by atoms with van der Waals surface area (Å²) >= 11 is 5.80. The second-order valence-electron chi connectivity index (χ2n) is 4.25. The van der Waals surface area contributed by atoms with Crippen LogP contribution in [0.5, 0.6) is 0 Å². The molecule has 1 atom stereocenters. The summed E-state index contributed by atoms with van der Waals surface area (Å²) in [5.74, 6) is -0.462. The molecule has 6 nitrogen and oxygen atoms in total. The van der Waals surface area contributed by atoms with Crippen LogP contribution in [0.3, 0.4) is 0 Å². The molecule has 0 fully saturated rings. The van der Waals surface area contributed by atoms with Crippen molar-refractivity contribution in [2.24, 2.45) is 0 Å². The molecule has 18 heavy (non-hydrogen) atoms. The summed E-state index contributed by atoms with van der Waals surface area (Å²) in [5, 5.41) is 17.6. The van der Waals surface area contributed by atoms with Gasteiger partial charge >= 0.3 is 5.97 Å². The Hall–Kier alpha value is -1.14. The summed E-state index contributed by atoms with van der Waals surface area (Å²) in [6, 6.07) is 0. The molecule has 1 heterocycles. The highest BCUT2D eigenvalue weighted by Gasteiger charge is 2.25. The van der Waals surface area contributed by atoms with E-state index in [0.29, 0.717) is 12.1 Å². The Balaban J connectivity index is 2.98. The first-order valence-corrected chi connectivity index (χ1v) is 6.36. The molecule has 0 aliphatic heterocycles. The second-order valence-corrected chi connectivity index (χ2v) is 4.51. The number of alkyl halides is 1. The highest BCUT2D eigenvalue weighted by Crippen LogP contribution is 2.16. The van der Waals surface area contributed by atoms with Gasteiger partial charge in [0.2, 0.25) is 0 Å². The van der Waals surface area contributed by atoms with E-state index in [0.717, 1.165) is 0 Å². The molecule has 0 aliphatic rings. The number of halogens is 1. The van der Waals surface area contributed by atoms with Gasteiger partial charge in [-0.05, 0) is 20.3 Å². The fourth-order valence-corrected chi connectivity index (χ4v) is 1.65. The zero-order valence-corrected chi connectivity index (χ0v) is 11.6. The van der Waals surface area contributed by atoms with Gasteiger partial charge in [0.15, 0.2) is 5.69 Å². The van der Waals surface area contributed by atoms with Crippen LogP contribution in [0, 0.1) is 0 Å². The molecule has 1 N–H and O–H groups in total. The molecule has 1 aromatic heterocycles. The van der Waals surface area contributed by atoms with Gasteiger partial charge in [0, 0.05) is 0 Å². The number of hydrogen-bond acceptors (Lipinski definition) is 5. The Kier molecular flexibility index (Phi) is 5.10. The first kappa shape index (κ1) is 14.9. The number of nitrogens with zero attached hydrogens (tertiary/aromatic N) is 3. The van der Waals surface area contributed by atoms with Crippen LogP contribution >= 0.6 is 11.6 Å². The lowest BCUT2D eigenvalue weighted by Gasteiger charge is -2.21. The van der Waals surface area contributed by atoms with Gasteiger partial charge in [0.25, 0.3) is 0 Å². The predicted molar refractivity (Wildman–Crippen MR) is 66.5 cm³/mol. The first-order chi connectivity index (χ1) is 8.45. The van der Waals surface area contributed by atoms with Crippen LogP contribution in [0.25, 0.3) is 0 Å². The van der Waals surface area contributed by atoms with Crippen molar-refractivity contribution in [3.8, 4) is 0 Å². The third kappa shape index (κ3) is 3.43. The number of aliphatic hydroxyl groups is 1. The summed E-state index contributed by atoms with van der Waals surface area (Å²) in [7, 11) is 0. The molecule has 0 spiro atoms. The van der Waals surface area contributed by atoms with E-state index in [-0.39, 0.29) is 24.7 Å². The second kappa shape index (κ2) is 6.15. The molecule has 1 aromatic rings. The van der Waals surface area contributed by atoms with E-state index in [2.05, 4.69) is 10.3 Å². The summed E-state index contributed by atoms with van der Waals surface area (Å²) in [4.78, 5) is 11.6. The third-order valence-corrected chi connectivity index (χ3v) is 2.94. The van der Waals surface area contributed by atoms with Gasteiger partial charge in [-0.3, -0.25) is 0 Å². The largest absolute Gasteiger partial charge is 0.461 e. The van der Waals surface area contributed by atoms with E-state index < -0.39 is 11.6 Å². The minimum absolute atomic E-state index is 0.0843. The van der Waals surface area contributed by atoms with Crippen molar-refractivity contribution in [3.05, 3.63) is 11.4 Å². The van der Waals surface area contributed by atoms with Crippen LogP contribution in [0.4, 0.5) is 0 Å².